The third-order valence-electron chi connectivity index (χ3n) is 10.1. The lowest BCUT2D eigenvalue weighted by Crippen LogP contribution is -2.60. The van der Waals surface area contributed by atoms with Gasteiger partial charge in [-0.1, -0.05) is 44.2 Å². The van der Waals surface area contributed by atoms with E-state index >= 15 is 0 Å². The number of morpholine rings is 1. The largest absolute Gasteiger partial charge is 0.394 e. The molecule has 2 bridgehead atoms. The topological polar surface area (TPSA) is 103 Å². The number of rotatable bonds is 13. The minimum Gasteiger partial charge on any atom is -0.394 e. The molecule has 1 aromatic carbocycles. The summed E-state index contributed by atoms with van der Waals surface area (Å²) in [5.74, 6) is -2.51. The van der Waals surface area contributed by atoms with Crippen LogP contribution in [0.15, 0.2) is 55.6 Å². The second-order valence-electron chi connectivity index (χ2n) is 13.1. The first-order valence-electron chi connectivity index (χ1n) is 15.9. The predicted molar refractivity (Wildman–Crippen MR) is 168 cm³/mol. The molecule has 44 heavy (non-hydrogen) atoms. The van der Waals surface area contributed by atoms with Gasteiger partial charge in [-0.25, -0.2) is 0 Å². The summed E-state index contributed by atoms with van der Waals surface area (Å²) in [6, 6.07) is 7.79. The second-order valence-corrected chi connectivity index (χ2v) is 13.1. The maximum atomic E-state index is 14.7. The SMILES string of the molecule is C=CCN(CCN1CCOCC1)C(=O)C1N([C@@H](CO)C(C)C)C(=O)[C@@H]2[C@H](C(=O)N(CC=C)c3ccccc3)[C@]3(C)CCC12O3. The number of fused-ring (bicyclic) bond motifs is 1. The Hall–Kier alpha value is -3.05. The number of nitrogens with zero attached hydrogens (tertiary/aromatic N) is 4. The Kier molecular flexibility index (Phi) is 9.65. The lowest BCUT2D eigenvalue weighted by molar-refractivity contribution is -0.155. The van der Waals surface area contributed by atoms with E-state index in [1.807, 2.05) is 51.1 Å². The first-order valence-corrected chi connectivity index (χ1v) is 15.9. The molecule has 240 valence electrons. The lowest BCUT2D eigenvalue weighted by Gasteiger charge is -2.41. The summed E-state index contributed by atoms with van der Waals surface area (Å²) >= 11 is 0. The van der Waals surface area contributed by atoms with E-state index < -0.39 is 35.1 Å². The molecule has 4 saturated heterocycles. The summed E-state index contributed by atoms with van der Waals surface area (Å²) in [6.45, 7) is 17.9. The number of hydrogen-bond donors (Lipinski definition) is 1. The fourth-order valence-electron chi connectivity index (χ4n) is 7.93. The highest BCUT2D eigenvalue weighted by Crippen LogP contribution is 2.64. The van der Waals surface area contributed by atoms with Crippen molar-refractivity contribution in [3.63, 3.8) is 0 Å². The van der Waals surface area contributed by atoms with Gasteiger partial charge in [0.25, 0.3) is 0 Å². The van der Waals surface area contributed by atoms with E-state index in [0.29, 0.717) is 51.4 Å². The van der Waals surface area contributed by atoms with Gasteiger partial charge in [-0.05, 0) is 37.8 Å². The molecule has 2 unspecified atom stereocenters. The Balaban J connectivity index is 1.54. The van der Waals surface area contributed by atoms with E-state index in [0.717, 1.165) is 13.1 Å². The number of carbonyl (C=O) groups excluding carboxylic acids is 3. The minimum absolute atomic E-state index is 0.126. The smallest absolute Gasteiger partial charge is 0.248 e. The maximum absolute atomic E-state index is 14.7. The van der Waals surface area contributed by atoms with Crippen LogP contribution < -0.4 is 4.90 Å². The summed E-state index contributed by atoms with van der Waals surface area (Å²) < 4.78 is 12.4. The van der Waals surface area contributed by atoms with E-state index in [2.05, 4.69) is 18.1 Å². The zero-order chi connectivity index (χ0) is 31.6. The number of amides is 3. The first kappa shape index (κ1) is 32.3. The quantitative estimate of drug-likeness (QED) is 0.343. The highest BCUT2D eigenvalue weighted by molar-refractivity contribution is 6.03. The first-order chi connectivity index (χ1) is 21.1. The van der Waals surface area contributed by atoms with Gasteiger partial charge in [0.15, 0.2) is 0 Å². The molecule has 0 radical (unpaired) electrons. The Morgan fingerprint density at radius 2 is 1.77 bits per heavy atom. The van der Waals surface area contributed by atoms with Crippen LogP contribution in [0.25, 0.3) is 0 Å². The van der Waals surface area contributed by atoms with Crippen molar-refractivity contribution < 1.29 is 29.0 Å². The van der Waals surface area contributed by atoms with Crippen molar-refractivity contribution in [3.8, 4) is 0 Å². The Bertz CT molecular complexity index is 1240. The standard InChI is InChI=1S/C34H48N4O6/c1-6-15-36(18-17-35-19-21-43-22-20-35)32(42)29-34-14-13-33(5,44-34)27(28(34)31(41)38(29)26(23-39)24(3)4)30(40)37(16-7-2)25-11-9-8-10-12-25/h6-12,24,26-29,39H,1-2,13-23H2,3-5H3/t26-,27+,28-,29?,33-,34?/m0/s1. The monoisotopic (exact) mass is 608 g/mol. The van der Waals surface area contributed by atoms with Gasteiger partial charge in [0, 0.05) is 45.0 Å². The number of anilines is 1. The number of aliphatic hydroxyl groups is 1. The number of ether oxygens (including phenoxy) is 2. The van der Waals surface area contributed by atoms with Crippen LogP contribution in [0.3, 0.4) is 0 Å². The molecule has 1 N–H and O–H groups in total. The average Bonchev–Trinajstić information content (AvgIpc) is 3.59. The number of carbonyl (C=O) groups is 3. The van der Waals surface area contributed by atoms with Crippen LogP contribution in [0.5, 0.6) is 0 Å². The number of likely N-dealkylation sites (tertiary alicyclic amines) is 1. The van der Waals surface area contributed by atoms with E-state index in [1.54, 1.807) is 26.9 Å². The third kappa shape index (κ3) is 5.50. The van der Waals surface area contributed by atoms with Crippen molar-refractivity contribution in [2.45, 2.75) is 56.9 Å². The molecule has 4 fully saturated rings. The van der Waals surface area contributed by atoms with Gasteiger partial charge in [0.05, 0.1) is 43.3 Å². The molecule has 10 nitrogen and oxygen atoms in total. The molecule has 4 aliphatic rings. The molecule has 3 amide bonds. The van der Waals surface area contributed by atoms with Crippen LogP contribution in [0, 0.1) is 17.8 Å². The fourth-order valence-corrected chi connectivity index (χ4v) is 7.93. The van der Waals surface area contributed by atoms with Crippen LogP contribution in [-0.2, 0) is 23.9 Å². The second kappa shape index (κ2) is 13.1. The summed E-state index contributed by atoms with van der Waals surface area (Å²) in [7, 11) is 0. The summed E-state index contributed by atoms with van der Waals surface area (Å²) in [6.07, 6.45) is 4.40. The Morgan fingerprint density at radius 3 is 2.39 bits per heavy atom. The van der Waals surface area contributed by atoms with E-state index in [-0.39, 0.29) is 36.8 Å². The predicted octanol–water partition coefficient (Wildman–Crippen LogP) is 2.33. The van der Waals surface area contributed by atoms with Crippen LogP contribution in [-0.4, -0.2) is 120 Å². The lowest BCUT2D eigenvalue weighted by atomic mass is 9.66. The van der Waals surface area contributed by atoms with Gasteiger partial charge in [-0.3, -0.25) is 19.3 Å². The number of hydrogen-bond acceptors (Lipinski definition) is 7. The van der Waals surface area contributed by atoms with Gasteiger partial charge in [0.2, 0.25) is 17.7 Å². The Labute approximate surface area is 261 Å². The van der Waals surface area contributed by atoms with Crippen molar-refractivity contribution in [3.05, 3.63) is 55.6 Å². The molecule has 1 spiro atoms. The van der Waals surface area contributed by atoms with Crippen molar-refractivity contribution >= 4 is 23.4 Å². The normalized spacial score (nSPS) is 30.3. The molecule has 10 heteroatoms. The van der Waals surface area contributed by atoms with E-state index in [9.17, 15) is 19.5 Å². The average molecular weight is 609 g/mol. The molecule has 0 saturated carbocycles. The van der Waals surface area contributed by atoms with Crippen molar-refractivity contribution in [1.29, 1.82) is 0 Å². The molecule has 6 atom stereocenters. The van der Waals surface area contributed by atoms with Gasteiger partial charge < -0.3 is 29.3 Å². The third-order valence-corrected chi connectivity index (χ3v) is 10.1. The van der Waals surface area contributed by atoms with Crippen LogP contribution in [0.1, 0.15) is 33.6 Å². The molecule has 5 rings (SSSR count). The zero-order valence-electron chi connectivity index (χ0n) is 26.4. The van der Waals surface area contributed by atoms with Crippen LogP contribution >= 0.6 is 0 Å². The van der Waals surface area contributed by atoms with E-state index in [1.165, 1.54) is 0 Å². The molecular formula is C34H48N4O6. The number of para-hydroxylation sites is 1. The summed E-state index contributed by atoms with van der Waals surface area (Å²) in [5.41, 5.74) is -1.39. The zero-order valence-corrected chi connectivity index (χ0v) is 26.4. The fraction of sp³-hybridized carbons (Fsp3) is 0.618. The van der Waals surface area contributed by atoms with Crippen LogP contribution in [0.2, 0.25) is 0 Å². The molecular weight excluding hydrogens is 560 g/mol. The minimum atomic E-state index is -1.18. The molecule has 0 aliphatic carbocycles. The van der Waals surface area contributed by atoms with Gasteiger partial charge in [-0.15, -0.1) is 13.2 Å². The van der Waals surface area contributed by atoms with Gasteiger partial charge in [0.1, 0.15) is 11.6 Å². The summed E-state index contributed by atoms with van der Waals surface area (Å²) in [4.78, 5) is 51.2. The van der Waals surface area contributed by atoms with Crippen LogP contribution in [0.4, 0.5) is 5.69 Å². The van der Waals surface area contributed by atoms with Crippen molar-refractivity contribution in [2.75, 3.05) is 64.0 Å². The van der Waals surface area contributed by atoms with E-state index in [4.69, 9.17) is 9.47 Å². The van der Waals surface area contributed by atoms with Crippen molar-refractivity contribution in [2.24, 2.45) is 17.8 Å². The summed E-state index contributed by atoms with van der Waals surface area (Å²) in [5, 5.41) is 10.6. The molecule has 0 aromatic heterocycles. The highest BCUT2D eigenvalue weighted by atomic mass is 16.5. The molecule has 1 aromatic rings. The highest BCUT2D eigenvalue weighted by Gasteiger charge is 2.79. The number of benzene rings is 1. The van der Waals surface area contributed by atoms with Gasteiger partial charge >= 0.3 is 0 Å². The Morgan fingerprint density at radius 1 is 1.09 bits per heavy atom. The molecule has 4 heterocycles. The molecule has 4 aliphatic heterocycles. The maximum Gasteiger partial charge on any atom is 0.248 e. The number of aliphatic hydroxyl groups excluding tert-OH is 1. The van der Waals surface area contributed by atoms with Gasteiger partial charge in [-0.2, -0.15) is 0 Å². The van der Waals surface area contributed by atoms with Crippen molar-refractivity contribution in [1.82, 2.24) is 14.7 Å².